The van der Waals surface area contributed by atoms with Crippen molar-refractivity contribution >= 4 is 40.4 Å². The molecule has 0 saturated heterocycles. The molecule has 3 aliphatic rings. The zero-order chi connectivity index (χ0) is 31.3. The second-order valence-electron chi connectivity index (χ2n) is 10.8. The minimum absolute atomic E-state index is 0.0177. The van der Waals surface area contributed by atoms with Gasteiger partial charge in [-0.2, -0.15) is 0 Å². The number of hydrogen-bond acceptors (Lipinski definition) is 11. The molecular formula is C31H29ClN2O9S. The highest BCUT2D eigenvalue weighted by molar-refractivity contribution is 7.09. The maximum atomic E-state index is 14.2. The molecule has 1 amide bonds. The van der Waals surface area contributed by atoms with Crippen molar-refractivity contribution in [2.24, 2.45) is 5.92 Å². The quantitative estimate of drug-likeness (QED) is 0.342. The fourth-order valence-corrected chi connectivity index (χ4v) is 6.87. The molecule has 3 atom stereocenters. The van der Waals surface area contributed by atoms with Crippen molar-refractivity contribution in [2.75, 3.05) is 21.0 Å². The second kappa shape index (κ2) is 11.3. The van der Waals surface area contributed by atoms with Gasteiger partial charge in [0.25, 0.3) is 0 Å². The van der Waals surface area contributed by atoms with Gasteiger partial charge < -0.3 is 34.1 Å². The molecule has 2 aromatic carbocycles. The normalized spacial score (nSPS) is 20.9. The largest absolute Gasteiger partial charge is 0.507 e. The molecule has 44 heavy (non-hydrogen) atoms. The number of aliphatic hydroxyl groups excluding tert-OH is 1. The Balaban J connectivity index is 1.45. The number of Topliss-reactive ketones (excluding diaryl/α,β-unsaturated/α-hetero) is 2. The monoisotopic (exact) mass is 640 g/mol. The zero-order valence-corrected chi connectivity index (χ0v) is 25.9. The average molecular weight is 641 g/mol. The van der Waals surface area contributed by atoms with Crippen LogP contribution in [0.25, 0.3) is 0 Å². The van der Waals surface area contributed by atoms with Crippen molar-refractivity contribution in [3.8, 4) is 28.7 Å². The van der Waals surface area contributed by atoms with E-state index in [2.05, 4.69) is 10.3 Å². The molecule has 3 heterocycles. The maximum Gasteiger partial charge on any atom is 0.231 e. The number of aliphatic hydroxyl groups is 1. The Bertz CT molecular complexity index is 1730. The van der Waals surface area contributed by atoms with Crippen LogP contribution in [0.4, 0.5) is 0 Å². The highest BCUT2D eigenvalue weighted by Gasteiger charge is 2.61. The van der Waals surface area contributed by atoms with Crippen LogP contribution in [0.3, 0.4) is 0 Å². The Kier molecular flexibility index (Phi) is 7.66. The molecule has 1 aromatic heterocycles. The molecule has 0 saturated carbocycles. The van der Waals surface area contributed by atoms with Gasteiger partial charge in [-0.1, -0.05) is 24.6 Å². The second-order valence-corrected chi connectivity index (χ2v) is 12.2. The molecule has 3 aromatic rings. The van der Waals surface area contributed by atoms with Gasteiger partial charge in [-0.05, 0) is 24.6 Å². The van der Waals surface area contributed by atoms with Crippen molar-refractivity contribution in [3.05, 3.63) is 67.8 Å². The van der Waals surface area contributed by atoms with E-state index in [0.29, 0.717) is 22.8 Å². The van der Waals surface area contributed by atoms with E-state index in [4.69, 9.17) is 35.3 Å². The van der Waals surface area contributed by atoms with Crippen LogP contribution in [-0.2, 0) is 16.1 Å². The van der Waals surface area contributed by atoms with Crippen LogP contribution in [0.2, 0.25) is 5.02 Å². The van der Waals surface area contributed by atoms with E-state index in [1.165, 1.54) is 31.6 Å². The zero-order valence-electron chi connectivity index (χ0n) is 24.3. The number of fused-ring (bicyclic) bond motifs is 2. The molecule has 0 fully saturated rings. The lowest BCUT2D eigenvalue weighted by atomic mass is 9.69. The first kappa shape index (κ1) is 29.8. The molecule has 230 valence electrons. The first-order valence-corrected chi connectivity index (χ1v) is 15.1. The van der Waals surface area contributed by atoms with Crippen molar-refractivity contribution in [2.45, 2.75) is 44.8 Å². The number of carbonyl (C=O) groups is 3. The summed E-state index contributed by atoms with van der Waals surface area (Å²) in [6.07, 6.45) is -0.367. The summed E-state index contributed by atoms with van der Waals surface area (Å²) in [4.78, 5) is 45.8. The Labute approximate surface area is 261 Å². The van der Waals surface area contributed by atoms with Crippen LogP contribution in [0.5, 0.6) is 28.7 Å². The van der Waals surface area contributed by atoms with Crippen LogP contribution >= 0.6 is 22.9 Å². The molecule has 2 aliphatic heterocycles. The highest BCUT2D eigenvalue weighted by Crippen LogP contribution is 2.56. The fraction of sp³-hybridized carbons (Fsp3) is 0.355. The van der Waals surface area contributed by atoms with Crippen molar-refractivity contribution < 1.29 is 43.2 Å². The van der Waals surface area contributed by atoms with E-state index >= 15 is 0 Å². The van der Waals surface area contributed by atoms with Gasteiger partial charge in [0.1, 0.15) is 22.1 Å². The summed E-state index contributed by atoms with van der Waals surface area (Å²) >= 11 is 8.04. The Morgan fingerprint density at radius 1 is 1.20 bits per heavy atom. The number of benzene rings is 2. The predicted molar refractivity (Wildman–Crippen MR) is 159 cm³/mol. The van der Waals surface area contributed by atoms with Gasteiger partial charge in [0.15, 0.2) is 28.8 Å². The van der Waals surface area contributed by atoms with Crippen molar-refractivity contribution in [1.29, 1.82) is 0 Å². The number of aryl methyl sites for hydroxylation is 1. The molecule has 1 aliphatic carbocycles. The lowest BCUT2D eigenvalue weighted by Gasteiger charge is -2.38. The lowest BCUT2D eigenvalue weighted by Crippen LogP contribution is -2.53. The van der Waals surface area contributed by atoms with Crippen LogP contribution < -0.4 is 29.0 Å². The number of allylic oxidation sites excluding steroid dienone is 1. The van der Waals surface area contributed by atoms with E-state index in [0.717, 1.165) is 5.01 Å². The Morgan fingerprint density at radius 3 is 2.66 bits per heavy atom. The first-order chi connectivity index (χ1) is 21.1. The topological polar surface area (TPSA) is 143 Å². The number of hydrogen-bond donors (Lipinski definition) is 2. The number of methoxy groups -OCH3 is 2. The highest BCUT2D eigenvalue weighted by atomic mass is 35.5. The molecule has 0 radical (unpaired) electrons. The number of rotatable bonds is 8. The lowest BCUT2D eigenvalue weighted by molar-refractivity contribution is -0.122. The van der Waals surface area contributed by atoms with Crippen LogP contribution in [-0.4, -0.2) is 54.2 Å². The van der Waals surface area contributed by atoms with Gasteiger partial charge >= 0.3 is 0 Å². The summed E-state index contributed by atoms with van der Waals surface area (Å²) in [6.45, 7) is 3.73. The van der Waals surface area contributed by atoms with E-state index in [9.17, 15) is 19.5 Å². The van der Waals surface area contributed by atoms with Gasteiger partial charge in [0.05, 0.1) is 31.5 Å². The van der Waals surface area contributed by atoms with E-state index in [-0.39, 0.29) is 59.6 Å². The molecule has 13 heteroatoms. The van der Waals surface area contributed by atoms with Gasteiger partial charge in [0, 0.05) is 41.7 Å². The summed E-state index contributed by atoms with van der Waals surface area (Å²) in [7, 11) is 2.80. The fourth-order valence-electron chi connectivity index (χ4n) is 5.99. The minimum Gasteiger partial charge on any atom is -0.507 e. The summed E-state index contributed by atoms with van der Waals surface area (Å²) in [5, 5.41) is 17.6. The number of halogens is 1. The number of carbonyl (C=O) groups excluding carboxylic acids is 3. The standard InChI is InChI=1S/C31H29ClN2O9S/c1-14-7-19(35)25(29(37)31(14)30(38)26-22(39-3)10-23(40-4)27(32)28(26)43-31)18(16-5-6-20-21(8-16)42-13-41-20)9-24(36)33-11-17-12-44-15(2)34-17/h5-6,8,10,12,14,18,37H,7,9,11,13H2,1-4H3,(H,33,36). The maximum absolute atomic E-state index is 14.2. The predicted octanol–water partition coefficient (Wildman–Crippen LogP) is 5.08. The SMILES string of the molecule is COc1cc(OC)c2c(c1Cl)OC1(C2=O)C(O)=C(C(CC(=O)NCc2csc(C)n2)c2ccc3c(c2)OCO3)C(=O)CC1C. The third kappa shape index (κ3) is 4.72. The molecule has 1 spiro atoms. The van der Waals surface area contributed by atoms with Gasteiger partial charge in [-0.25, -0.2) is 4.98 Å². The Hall–Kier alpha value is -4.29. The Morgan fingerprint density at radius 2 is 1.95 bits per heavy atom. The molecule has 11 nitrogen and oxygen atoms in total. The number of ether oxygens (including phenoxy) is 5. The van der Waals surface area contributed by atoms with Gasteiger partial charge in [-0.15, -0.1) is 11.3 Å². The number of nitrogens with zero attached hydrogens (tertiary/aromatic N) is 1. The minimum atomic E-state index is -1.99. The molecule has 3 unspecified atom stereocenters. The molecule has 6 rings (SSSR count). The van der Waals surface area contributed by atoms with E-state index < -0.39 is 40.7 Å². The number of aromatic nitrogens is 1. The number of ketones is 2. The third-order valence-electron chi connectivity index (χ3n) is 8.18. The van der Waals surface area contributed by atoms with Crippen LogP contribution in [0.1, 0.15) is 52.3 Å². The van der Waals surface area contributed by atoms with E-state index in [1.807, 2.05) is 12.3 Å². The van der Waals surface area contributed by atoms with Crippen LogP contribution in [0.15, 0.2) is 41.0 Å². The van der Waals surface area contributed by atoms with E-state index in [1.54, 1.807) is 25.1 Å². The summed E-state index contributed by atoms with van der Waals surface area (Å²) in [5.41, 5.74) is -0.856. The number of nitrogens with one attached hydrogen (secondary N) is 1. The number of amides is 1. The van der Waals surface area contributed by atoms with Crippen molar-refractivity contribution in [3.63, 3.8) is 0 Å². The summed E-state index contributed by atoms with van der Waals surface area (Å²) in [5.74, 6) is -2.49. The molecular weight excluding hydrogens is 612 g/mol. The molecule has 2 N–H and O–H groups in total. The third-order valence-corrected chi connectivity index (χ3v) is 9.36. The average Bonchev–Trinajstić information content (AvgIpc) is 3.73. The smallest absolute Gasteiger partial charge is 0.231 e. The molecule has 0 bridgehead atoms. The van der Waals surface area contributed by atoms with Gasteiger partial charge in [0.2, 0.25) is 24.1 Å². The number of thiazole rings is 1. The van der Waals surface area contributed by atoms with Crippen molar-refractivity contribution in [1.82, 2.24) is 10.3 Å². The van der Waals surface area contributed by atoms with Gasteiger partial charge in [-0.3, -0.25) is 14.4 Å². The first-order valence-electron chi connectivity index (χ1n) is 13.8. The van der Waals surface area contributed by atoms with Crippen LogP contribution in [0, 0.1) is 12.8 Å². The summed E-state index contributed by atoms with van der Waals surface area (Å²) < 4.78 is 28.1. The summed E-state index contributed by atoms with van der Waals surface area (Å²) in [6, 6.07) is 6.50.